The van der Waals surface area contributed by atoms with Crippen molar-refractivity contribution in [1.82, 2.24) is 9.88 Å². The molecule has 0 aromatic carbocycles. The molecule has 118 valence electrons. The molecule has 2 unspecified atom stereocenters. The van der Waals surface area contributed by atoms with E-state index in [-0.39, 0.29) is 11.7 Å². The molecule has 5 heteroatoms. The summed E-state index contributed by atoms with van der Waals surface area (Å²) in [6.45, 7) is 5.53. The first-order valence-corrected chi connectivity index (χ1v) is 7.62. The van der Waals surface area contributed by atoms with E-state index in [0.29, 0.717) is 11.6 Å². The fourth-order valence-electron chi connectivity index (χ4n) is 2.89. The molecule has 1 saturated heterocycles. The van der Waals surface area contributed by atoms with E-state index in [1.165, 1.54) is 6.07 Å². The molecule has 1 aromatic heterocycles. The summed E-state index contributed by atoms with van der Waals surface area (Å²) in [4.78, 5) is 6.22. The highest BCUT2D eigenvalue weighted by atomic mass is 19.1. The Hall–Kier alpha value is -1.04. The van der Waals surface area contributed by atoms with Crippen molar-refractivity contribution in [2.45, 2.75) is 25.9 Å². The molecule has 0 amide bonds. The van der Waals surface area contributed by atoms with E-state index in [1.54, 1.807) is 6.07 Å². The van der Waals surface area contributed by atoms with Crippen LogP contribution in [0.25, 0.3) is 0 Å². The molecule has 1 aliphatic heterocycles. The molecule has 0 aliphatic carbocycles. The summed E-state index contributed by atoms with van der Waals surface area (Å²) in [5.74, 6) is 0.347. The van der Waals surface area contributed by atoms with Crippen LogP contribution in [-0.2, 0) is 4.74 Å². The third-order valence-electron chi connectivity index (χ3n) is 4.10. The average molecular weight is 296 g/mol. The molecule has 1 fully saturated rings. The van der Waals surface area contributed by atoms with Crippen molar-refractivity contribution in [3.8, 4) is 0 Å². The van der Waals surface area contributed by atoms with E-state index in [1.807, 2.05) is 6.92 Å². The van der Waals surface area contributed by atoms with Crippen LogP contribution in [0.4, 0.5) is 4.39 Å². The van der Waals surface area contributed by atoms with Crippen LogP contribution in [0.15, 0.2) is 18.3 Å². The number of pyridine rings is 1. The van der Waals surface area contributed by atoms with Gasteiger partial charge in [-0.2, -0.15) is 0 Å². The highest BCUT2D eigenvalue weighted by molar-refractivity contribution is 5.08. The highest BCUT2D eigenvalue weighted by Gasteiger charge is 2.21. The second-order valence-corrected chi connectivity index (χ2v) is 6.10. The molecule has 4 nitrogen and oxygen atoms in total. The van der Waals surface area contributed by atoms with E-state index in [4.69, 9.17) is 4.74 Å². The van der Waals surface area contributed by atoms with Gasteiger partial charge in [0.2, 0.25) is 0 Å². The predicted molar refractivity (Wildman–Crippen MR) is 79.4 cm³/mol. The van der Waals surface area contributed by atoms with Gasteiger partial charge in [-0.1, -0.05) is 6.92 Å². The summed E-state index contributed by atoms with van der Waals surface area (Å²) < 4.78 is 18.2. The lowest BCUT2D eigenvalue weighted by atomic mass is 9.97. The Morgan fingerprint density at radius 1 is 1.43 bits per heavy atom. The van der Waals surface area contributed by atoms with Gasteiger partial charge in [0.15, 0.2) is 0 Å². The second kappa shape index (κ2) is 7.82. The van der Waals surface area contributed by atoms with Crippen LogP contribution in [0, 0.1) is 17.7 Å². The van der Waals surface area contributed by atoms with Crippen molar-refractivity contribution in [1.29, 1.82) is 0 Å². The Morgan fingerprint density at radius 2 is 2.14 bits per heavy atom. The van der Waals surface area contributed by atoms with E-state index >= 15 is 0 Å². The number of hydrogen-bond donors (Lipinski definition) is 1. The SMILES string of the molecule is CC(CN(C)CC1CCOCC1)C(O)c1ccc(F)cn1. The zero-order valence-corrected chi connectivity index (χ0v) is 12.8. The van der Waals surface area contributed by atoms with Crippen molar-refractivity contribution < 1.29 is 14.2 Å². The Bertz CT molecular complexity index is 421. The summed E-state index contributed by atoms with van der Waals surface area (Å²) in [7, 11) is 2.08. The van der Waals surface area contributed by atoms with Gasteiger partial charge in [-0.15, -0.1) is 0 Å². The molecular weight excluding hydrogens is 271 g/mol. The number of aliphatic hydroxyl groups excluding tert-OH is 1. The smallest absolute Gasteiger partial charge is 0.141 e. The van der Waals surface area contributed by atoms with Gasteiger partial charge in [-0.05, 0) is 37.9 Å². The molecule has 0 spiro atoms. The number of nitrogens with zero attached hydrogens (tertiary/aromatic N) is 2. The lowest BCUT2D eigenvalue weighted by Crippen LogP contribution is -2.34. The van der Waals surface area contributed by atoms with Crippen molar-refractivity contribution in [3.05, 3.63) is 29.8 Å². The lowest BCUT2D eigenvalue weighted by molar-refractivity contribution is 0.0462. The van der Waals surface area contributed by atoms with Gasteiger partial charge in [0.05, 0.1) is 18.0 Å². The predicted octanol–water partition coefficient (Wildman–Crippen LogP) is 2.25. The fraction of sp³-hybridized carbons (Fsp3) is 0.688. The zero-order valence-electron chi connectivity index (χ0n) is 12.8. The minimum atomic E-state index is -0.664. The van der Waals surface area contributed by atoms with Crippen molar-refractivity contribution in [2.75, 3.05) is 33.4 Å². The quantitative estimate of drug-likeness (QED) is 0.874. The monoisotopic (exact) mass is 296 g/mol. The maximum atomic E-state index is 12.9. The third-order valence-corrected chi connectivity index (χ3v) is 4.10. The van der Waals surface area contributed by atoms with Gasteiger partial charge in [-0.3, -0.25) is 4.98 Å². The number of ether oxygens (including phenoxy) is 1. The van der Waals surface area contributed by atoms with E-state index < -0.39 is 6.10 Å². The maximum Gasteiger partial charge on any atom is 0.141 e. The van der Waals surface area contributed by atoms with Gasteiger partial charge in [0, 0.05) is 32.2 Å². The molecule has 1 N–H and O–H groups in total. The van der Waals surface area contributed by atoms with Crippen molar-refractivity contribution in [3.63, 3.8) is 0 Å². The fourth-order valence-corrected chi connectivity index (χ4v) is 2.89. The lowest BCUT2D eigenvalue weighted by Gasteiger charge is -2.30. The molecule has 0 bridgehead atoms. The summed E-state index contributed by atoms with van der Waals surface area (Å²) >= 11 is 0. The number of rotatable bonds is 6. The standard InChI is InChI=1S/C16H25FN2O2/c1-12(16(20)15-4-3-14(17)9-18-15)10-19(2)11-13-5-7-21-8-6-13/h3-4,9,12-13,16,20H,5-8,10-11H2,1-2H3. The average Bonchev–Trinajstić information content (AvgIpc) is 2.48. The first kappa shape index (κ1) is 16.3. The first-order valence-electron chi connectivity index (χ1n) is 7.62. The van der Waals surface area contributed by atoms with Gasteiger partial charge in [0.1, 0.15) is 5.82 Å². The number of hydrogen-bond acceptors (Lipinski definition) is 4. The molecule has 21 heavy (non-hydrogen) atoms. The summed E-state index contributed by atoms with van der Waals surface area (Å²) in [6, 6.07) is 2.89. The molecule has 0 saturated carbocycles. The van der Waals surface area contributed by atoms with Crippen LogP contribution in [0.5, 0.6) is 0 Å². The maximum absolute atomic E-state index is 12.9. The van der Waals surface area contributed by atoms with E-state index in [9.17, 15) is 9.50 Å². The van der Waals surface area contributed by atoms with Crippen molar-refractivity contribution >= 4 is 0 Å². The molecule has 2 heterocycles. The number of aliphatic hydroxyl groups is 1. The van der Waals surface area contributed by atoms with E-state index in [0.717, 1.165) is 45.3 Å². The van der Waals surface area contributed by atoms with Crippen LogP contribution in [0.1, 0.15) is 31.6 Å². The van der Waals surface area contributed by atoms with Gasteiger partial charge >= 0.3 is 0 Å². The zero-order chi connectivity index (χ0) is 15.2. The Balaban J connectivity index is 1.81. The third kappa shape index (κ3) is 5.02. The van der Waals surface area contributed by atoms with Gasteiger partial charge in [0.25, 0.3) is 0 Å². The molecule has 2 rings (SSSR count). The Kier molecular flexibility index (Phi) is 6.08. The van der Waals surface area contributed by atoms with E-state index in [2.05, 4.69) is 16.9 Å². The van der Waals surface area contributed by atoms with Crippen LogP contribution in [0.3, 0.4) is 0 Å². The number of halogens is 1. The van der Waals surface area contributed by atoms with Crippen LogP contribution in [-0.4, -0.2) is 48.3 Å². The first-order chi connectivity index (χ1) is 10.1. The van der Waals surface area contributed by atoms with Crippen LogP contribution < -0.4 is 0 Å². The normalized spacial score (nSPS) is 19.7. The minimum absolute atomic E-state index is 0.0489. The summed E-state index contributed by atoms with van der Waals surface area (Å²) in [6.07, 6.45) is 2.71. The topological polar surface area (TPSA) is 45.6 Å². The second-order valence-electron chi connectivity index (χ2n) is 6.10. The van der Waals surface area contributed by atoms with Crippen LogP contribution >= 0.6 is 0 Å². The molecule has 2 atom stereocenters. The molecule has 0 radical (unpaired) electrons. The van der Waals surface area contributed by atoms with Gasteiger partial charge in [-0.25, -0.2) is 4.39 Å². The molecule has 1 aliphatic rings. The largest absolute Gasteiger partial charge is 0.386 e. The highest BCUT2D eigenvalue weighted by Crippen LogP contribution is 2.22. The number of aromatic nitrogens is 1. The summed E-state index contributed by atoms with van der Waals surface area (Å²) in [5, 5.41) is 10.3. The van der Waals surface area contributed by atoms with Gasteiger partial charge < -0.3 is 14.7 Å². The molecular formula is C16H25FN2O2. The Morgan fingerprint density at radius 3 is 2.76 bits per heavy atom. The minimum Gasteiger partial charge on any atom is -0.386 e. The van der Waals surface area contributed by atoms with Crippen molar-refractivity contribution in [2.24, 2.45) is 11.8 Å². The summed E-state index contributed by atoms with van der Waals surface area (Å²) in [5.41, 5.74) is 0.531. The van der Waals surface area contributed by atoms with Crippen LogP contribution in [0.2, 0.25) is 0 Å². The molecule has 1 aromatic rings. The Labute approximate surface area is 125 Å².